The molecule has 0 aliphatic heterocycles. The highest BCUT2D eigenvalue weighted by Gasteiger charge is 2.29. The van der Waals surface area contributed by atoms with Gasteiger partial charge in [-0.3, -0.25) is 0 Å². The van der Waals surface area contributed by atoms with Crippen LogP contribution in [-0.2, 0) is 19.0 Å². The lowest BCUT2D eigenvalue weighted by molar-refractivity contribution is -0.137. The highest BCUT2D eigenvalue weighted by molar-refractivity contribution is 7.09. The minimum absolute atomic E-state index is 0.227. The van der Waals surface area contributed by atoms with E-state index in [4.69, 9.17) is 0 Å². The maximum absolute atomic E-state index is 12.5. The number of halogens is 3. The summed E-state index contributed by atoms with van der Waals surface area (Å²) in [5.74, 6) is 0. The summed E-state index contributed by atoms with van der Waals surface area (Å²) in [6.07, 6.45) is -2.67. The van der Waals surface area contributed by atoms with Crippen LogP contribution in [-0.4, -0.2) is 13.1 Å². The van der Waals surface area contributed by atoms with E-state index in [1.807, 2.05) is 18.5 Å². The third-order valence-electron chi connectivity index (χ3n) is 3.20. The fraction of sp³-hybridized carbons (Fsp3) is 0.333. The lowest BCUT2D eigenvalue weighted by Crippen LogP contribution is -2.29. The highest BCUT2D eigenvalue weighted by atomic mass is 32.1. The summed E-state index contributed by atoms with van der Waals surface area (Å²) in [4.78, 5) is 1.27. The molecule has 0 aliphatic carbocycles. The van der Waals surface area contributed by atoms with Crippen molar-refractivity contribution in [2.45, 2.75) is 25.1 Å². The summed E-state index contributed by atoms with van der Waals surface area (Å²) >= 11 is 1.69. The third kappa shape index (κ3) is 4.08. The van der Waals surface area contributed by atoms with Crippen molar-refractivity contribution in [3.05, 3.63) is 57.8 Å². The molecule has 0 saturated heterocycles. The summed E-state index contributed by atoms with van der Waals surface area (Å²) in [6, 6.07) is 9.71. The van der Waals surface area contributed by atoms with Crippen molar-refractivity contribution in [2.75, 3.05) is 7.05 Å². The smallest absolute Gasteiger partial charge is 0.316 e. The summed E-state index contributed by atoms with van der Waals surface area (Å²) < 4.78 is 37.5. The molecule has 0 amide bonds. The third-order valence-corrected chi connectivity index (χ3v) is 4.10. The number of hydrogen-bond acceptors (Lipinski definition) is 2. The minimum atomic E-state index is -4.27. The van der Waals surface area contributed by atoms with Crippen LogP contribution < -0.4 is 5.32 Å². The van der Waals surface area contributed by atoms with Gasteiger partial charge in [-0.15, -0.1) is 11.3 Å². The van der Waals surface area contributed by atoms with E-state index >= 15 is 0 Å². The zero-order valence-electron chi connectivity index (χ0n) is 11.1. The molecule has 108 valence electrons. The Bertz CT molecular complexity index is 517. The molecule has 0 bridgehead atoms. The van der Waals surface area contributed by atoms with Gasteiger partial charge in [0.25, 0.3) is 0 Å². The van der Waals surface area contributed by atoms with Gasteiger partial charge in [-0.25, -0.2) is 0 Å². The number of nitrogens with one attached hydrogen (secondary N) is 1. The second kappa shape index (κ2) is 6.41. The number of benzene rings is 1. The lowest BCUT2D eigenvalue weighted by Gasteiger charge is -2.16. The van der Waals surface area contributed by atoms with Crippen LogP contribution >= 0.6 is 11.3 Å². The average Bonchev–Trinajstić information content (AvgIpc) is 2.90. The predicted octanol–water partition coefficient (Wildman–Crippen LogP) is 4.14. The average molecular weight is 299 g/mol. The molecule has 0 saturated carbocycles. The Labute approximate surface area is 120 Å². The zero-order valence-corrected chi connectivity index (χ0v) is 11.9. The van der Waals surface area contributed by atoms with E-state index in [-0.39, 0.29) is 6.04 Å². The van der Waals surface area contributed by atoms with E-state index in [0.717, 1.165) is 24.1 Å². The van der Waals surface area contributed by atoms with Gasteiger partial charge in [-0.1, -0.05) is 18.2 Å². The van der Waals surface area contributed by atoms with Gasteiger partial charge in [0.15, 0.2) is 0 Å². The summed E-state index contributed by atoms with van der Waals surface area (Å²) in [6.45, 7) is 0. The monoisotopic (exact) mass is 299 g/mol. The van der Waals surface area contributed by atoms with Crippen LogP contribution in [0.4, 0.5) is 13.2 Å². The predicted molar refractivity (Wildman–Crippen MR) is 76.0 cm³/mol. The molecule has 20 heavy (non-hydrogen) atoms. The van der Waals surface area contributed by atoms with E-state index in [2.05, 4.69) is 11.4 Å². The molecule has 2 rings (SSSR count). The lowest BCUT2D eigenvalue weighted by atomic mass is 10.0. The Morgan fingerprint density at radius 2 is 1.80 bits per heavy atom. The Hall–Kier alpha value is -1.33. The Morgan fingerprint density at radius 3 is 2.30 bits per heavy atom. The first-order valence-corrected chi connectivity index (χ1v) is 7.23. The fourth-order valence-electron chi connectivity index (χ4n) is 2.06. The SMILES string of the molecule is CNC(Cc1ccc(C(F)(F)F)cc1)Cc1cccs1. The maximum Gasteiger partial charge on any atom is 0.416 e. The molecule has 1 N–H and O–H groups in total. The standard InChI is InChI=1S/C15H16F3NS/c1-19-13(10-14-3-2-8-20-14)9-11-4-6-12(7-5-11)15(16,17)18/h2-8,13,19H,9-10H2,1H3. The van der Waals surface area contributed by atoms with Crippen LogP contribution in [0.5, 0.6) is 0 Å². The first-order valence-electron chi connectivity index (χ1n) is 6.35. The van der Waals surface area contributed by atoms with E-state index in [9.17, 15) is 13.2 Å². The van der Waals surface area contributed by atoms with Crippen LogP contribution in [0, 0.1) is 0 Å². The number of rotatable bonds is 5. The van der Waals surface area contributed by atoms with Gasteiger partial charge >= 0.3 is 6.18 Å². The first kappa shape index (κ1) is 15.1. The number of alkyl halides is 3. The van der Waals surface area contributed by atoms with Crippen molar-refractivity contribution < 1.29 is 13.2 Å². The van der Waals surface area contributed by atoms with Crippen LogP contribution in [0.25, 0.3) is 0 Å². The molecule has 0 fully saturated rings. The second-order valence-corrected chi connectivity index (χ2v) is 5.70. The first-order chi connectivity index (χ1) is 9.49. The number of hydrogen-bond donors (Lipinski definition) is 1. The normalized spacial score (nSPS) is 13.4. The van der Waals surface area contributed by atoms with Crippen molar-refractivity contribution in [3.63, 3.8) is 0 Å². The van der Waals surface area contributed by atoms with E-state index < -0.39 is 11.7 Å². The van der Waals surface area contributed by atoms with Crippen LogP contribution in [0.1, 0.15) is 16.0 Å². The molecule has 1 atom stereocenters. The van der Waals surface area contributed by atoms with Gasteiger partial charge in [0.2, 0.25) is 0 Å². The van der Waals surface area contributed by atoms with Gasteiger partial charge in [0.05, 0.1) is 5.56 Å². The fourth-order valence-corrected chi connectivity index (χ4v) is 2.85. The molecule has 1 aromatic carbocycles. The largest absolute Gasteiger partial charge is 0.416 e. The van der Waals surface area contributed by atoms with E-state index in [1.54, 1.807) is 23.5 Å². The Balaban J connectivity index is 2.01. The van der Waals surface area contributed by atoms with E-state index in [0.29, 0.717) is 6.42 Å². The van der Waals surface area contributed by atoms with Crippen molar-refractivity contribution in [1.82, 2.24) is 5.32 Å². The Morgan fingerprint density at radius 1 is 1.10 bits per heavy atom. The van der Waals surface area contributed by atoms with Crippen molar-refractivity contribution in [3.8, 4) is 0 Å². The van der Waals surface area contributed by atoms with Crippen LogP contribution in [0.3, 0.4) is 0 Å². The van der Waals surface area contributed by atoms with Crippen molar-refractivity contribution in [2.24, 2.45) is 0 Å². The molecule has 0 aliphatic rings. The molecule has 5 heteroatoms. The van der Waals surface area contributed by atoms with Gasteiger partial charge in [-0.2, -0.15) is 13.2 Å². The van der Waals surface area contributed by atoms with Gasteiger partial charge in [0.1, 0.15) is 0 Å². The quantitative estimate of drug-likeness (QED) is 0.875. The van der Waals surface area contributed by atoms with Crippen molar-refractivity contribution in [1.29, 1.82) is 0 Å². The maximum atomic E-state index is 12.5. The minimum Gasteiger partial charge on any atom is -0.316 e. The van der Waals surface area contributed by atoms with Gasteiger partial charge in [-0.05, 0) is 49.0 Å². The summed E-state index contributed by atoms with van der Waals surface area (Å²) in [5.41, 5.74) is 0.314. The van der Waals surface area contributed by atoms with E-state index in [1.165, 1.54) is 4.88 Å². The molecule has 1 unspecified atom stereocenters. The summed E-state index contributed by atoms with van der Waals surface area (Å²) in [7, 11) is 1.88. The van der Waals surface area contributed by atoms with Crippen LogP contribution in [0.2, 0.25) is 0 Å². The number of thiophene rings is 1. The Kier molecular flexibility index (Phi) is 4.83. The molecule has 0 spiro atoms. The molecule has 2 aromatic rings. The van der Waals surface area contributed by atoms with Crippen LogP contribution in [0.15, 0.2) is 41.8 Å². The molecule has 1 nitrogen and oxygen atoms in total. The molecule has 1 heterocycles. The molecule has 0 radical (unpaired) electrons. The van der Waals surface area contributed by atoms with Crippen molar-refractivity contribution >= 4 is 11.3 Å². The molecular weight excluding hydrogens is 283 g/mol. The molecule has 1 aromatic heterocycles. The van der Waals surface area contributed by atoms with Gasteiger partial charge < -0.3 is 5.32 Å². The topological polar surface area (TPSA) is 12.0 Å². The summed E-state index contributed by atoms with van der Waals surface area (Å²) in [5, 5.41) is 5.25. The van der Waals surface area contributed by atoms with Gasteiger partial charge in [0, 0.05) is 10.9 Å². The highest BCUT2D eigenvalue weighted by Crippen LogP contribution is 2.29. The zero-order chi connectivity index (χ0) is 14.6. The molecular formula is C15H16F3NS. The second-order valence-electron chi connectivity index (χ2n) is 4.67. The number of likely N-dealkylation sites (N-methyl/N-ethyl adjacent to an activating group) is 1.